The minimum absolute atomic E-state index is 0.205. The summed E-state index contributed by atoms with van der Waals surface area (Å²) in [6.07, 6.45) is 4.34. The molecular weight excluding hydrogens is 276 g/mol. The maximum Gasteiger partial charge on any atom is 0.314 e. The Labute approximate surface area is 125 Å². The Balaban J connectivity index is 2.00. The quantitative estimate of drug-likeness (QED) is 0.526. The molecule has 3 N–H and O–H groups in total. The van der Waals surface area contributed by atoms with Crippen LogP contribution in [0.5, 0.6) is 0 Å². The van der Waals surface area contributed by atoms with E-state index in [-0.39, 0.29) is 12.5 Å². The zero-order valence-corrected chi connectivity index (χ0v) is 12.7. The molecule has 0 aromatic carbocycles. The first-order valence-electron chi connectivity index (χ1n) is 7.44. The second-order valence-corrected chi connectivity index (χ2v) is 5.36. The summed E-state index contributed by atoms with van der Waals surface area (Å²) in [7, 11) is 1.63. The molecule has 122 valence electrons. The Morgan fingerprint density at radius 2 is 2.00 bits per heavy atom. The van der Waals surface area contributed by atoms with E-state index in [4.69, 9.17) is 14.6 Å². The Bertz CT molecular complexity index is 329. The Morgan fingerprint density at radius 1 is 1.24 bits per heavy atom. The van der Waals surface area contributed by atoms with Crippen LogP contribution in [-0.2, 0) is 14.3 Å². The Kier molecular flexibility index (Phi) is 8.07. The lowest BCUT2D eigenvalue weighted by Gasteiger charge is -2.25. The molecule has 1 aliphatic rings. The lowest BCUT2D eigenvalue weighted by Crippen LogP contribution is -2.48. The van der Waals surface area contributed by atoms with Crippen LogP contribution >= 0.6 is 0 Å². The molecule has 21 heavy (non-hydrogen) atoms. The molecule has 0 saturated carbocycles. The molecule has 1 fully saturated rings. The van der Waals surface area contributed by atoms with Gasteiger partial charge in [-0.1, -0.05) is 12.8 Å². The summed E-state index contributed by atoms with van der Waals surface area (Å²) < 4.78 is 10.7. The normalized spacial score (nSPS) is 21.2. The topological polar surface area (TPSA) is 96.9 Å². The van der Waals surface area contributed by atoms with E-state index in [0.717, 1.165) is 25.7 Å². The maximum atomic E-state index is 11.6. The first-order valence-corrected chi connectivity index (χ1v) is 7.44. The standard InChI is InChI=1S/C14H26N2O5/c1-20-14(7-9-21-11-14)10-16-13(19)15-8-5-3-2-4-6-12(17)18/h2-11H2,1H3,(H,17,18)(H2,15,16,19). The third-order valence-electron chi connectivity index (χ3n) is 3.67. The number of methoxy groups -OCH3 is 1. The lowest BCUT2D eigenvalue weighted by molar-refractivity contribution is -0.137. The monoisotopic (exact) mass is 302 g/mol. The first kappa shape index (κ1) is 17.7. The van der Waals surface area contributed by atoms with E-state index in [1.54, 1.807) is 7.11 Å². The van der Waals surface area contributed by atoms with Gasteiger partial charge in [0.25, 0.3) is 0 Å². The van der Waals surface area contributed by atoms with Crippen LogP contribution in [0.1, 0.15) is 38.5 Å². The Morgan fingerprint density at radius 3 is 2.62 bits per heavy atom. The van der Waals surface area contributed by atoms with Gasteiger partial charge in [0.1, 0.15) is 5.60 Å². The van der Waals surface area contributed by atoms with Crippen molar-refractivity contribution >= 4 is 12.0 Å². The summed E-state index contributed by atoms with van der Waals surface area (Å²) in [6, 6.07) is -0.205. The van der Waals surface area contributed by atoms with Crippen LogP contribution in [-0.4, -0.2) is 56.1 Å². The number of carbonyl (C=O) groups excluding carboxylic acids is 1. The molecule has 1 saturated heterocycles. The molecule has 1 atom stereocenters. The molecule has 0 aromatic rings. The summed E-state index contributed by atoms with van der Waals surface area (Å²) in [5, 5.41) is 14.1. The van der Waals surface area contributed by atoms with Crippen molar-refractivity contribution in [2.45, 2.75) is 44.1 Å². The van der Waals surface area contributed by atoms with Gasteiger partial charge in [-0.15, -0.1) is 0 Å². The van der Waals surface area contributed by atoms with Gasteiger partial charge in [-0.2, -0.15) is 0 Å². The van der Waals surface area contributed by atoms with Crippen molar-refractivity contribution in [2.75, 3.05) is 33.4 Å². The zero-order chi connectivity index (χ0) is 15.6. The van der Waals surface area contributed by atoms with Crippen LogP contribution in [0.2, 0.25) is 0 Å². The van der Waals surface area contributed by atoms with Gasteiger partial charge < -0.3 is 25.2 Å². The SMILES string of the molecule is COC1(CNC(=O)NCCCCCCC(=O)O)CCOC1. The van der Waals surface area contributed by atoms with Crippen molar-refractivity contribution in [2.24, 2.45) is 0 Å². The molecule has 1 aliphatic heterocycles. The number of amides is 2. The molecule has 0 aliphatic carbocycles. The van der Waals surface area contributed by atoms with E-state index < -0.39 is 11.6 Å². The highest BCUT2D eigenvalue weighted by Crippen LogP contribution is 2.21. The number of carboxylic acids is 1. The number of aliphatic carboxylic acids is 1. The van der Waals surface area contributed by atoms with Gasteiger partial charge in [0.15, 0.2) is 0 Å². The van der Waals surface area contributed by atoms with Gasteiger partial charge in [-0.25, -0.2) is 4.79 Å². The molecule has 2 amide bonds. The minimum atomic E-state index is -0.754. The zero-order valence-electron chi connectivity index (χ0n) is 12.7. The average molecular weight is 302 g/mol. The molecular formula is C14H26N2O5. The predicted octanol–water partition coefficient (Wildman–Crippen LogP) is 1.13. The number of hydrogen-bond acceptors (Lipinski definition) is 4. The van der Waals surface area contributed by atoms with Crippen molar-refractivity contribution in [3.8, 4) is 0 Å². The summed E-state index contributed by atoms with van der Waals surface area (Å²) in [5.74, 6) is -0.754. The van der Waals surface area contributed by atoms with Crippen molar-refractivity contribution in [3.63, 3.8) is 0 Å². The summed E-state index contributed by atoms with van der Waals surface area (Å²) in [4.78, 5) is 22.0. The second kappa shape index (κ2) is 9.57. The molecule has 0 spiro atoms. The number of nitrogens with one attached hydrogen (secondary N) is 2. The lowest BCUT2D eigenvalue weighted by atomic mass is 10.0. The van der Waals surface area contributed by atoms with Gasteiger partial charge in [0.2, 0.25) is 0 Å². The van der Waals surface area contributed by atoms with Crippen molar-refractivity contribution in [1.29, 1.82) is 0 Å². The van der Waals surface area contributed by atoms with Crippen LogP contribution < -0.4 is 10.6 Å². The third kappa shape index (κ3) is 7.29. The molecule has 0 radical (unpaired) electrons. The van der Waals surface area contributed by atoms with Crippen molar-refractivity contribution < 1.29 is 24.2 Å². The fourth-order valence-electron chi connectivity index (χ4n) is 2.22. The van der Waals surface area contributed by atoms with E-state index in [1.165, 1.54) is 0 Å². The number of urea groups is 1. The van der Waals surface area contributed by atoms with E-state index in [9.17, 15) is 9.59 Å². The number of carboxylic acid groups (broad SMARTS) is 1. The van der Waals surface area contributed by atoms with Gasteiger partial charge in [-0.3, -0.25) is 4.79 Å². The maximum absolute atomic E-state index is 11.6. The minimum Gasteiger partial charge on any atom is -0.481 e. The fraction of sp³-hybridized carbons (Fsp3) is 0.857. The molecule has 1 rings (SSSR count). The summed E-state index contributed by atoms with van der Waals surface area (Å²) in [5.41, 5.74) is -0.395. The Hall–Kier alpha value is -1.34. The number of rotatable bonds is 10. The number of ether oxygens (including phenoxy) is 2. The first-order chi connectivity index (χ1) is 10.1. The van der Waals surface area contributed by atoms with E-state index >= 15 is 0 Å². The molecule has 1 heterocycles. The highest BCUT2D eigenvalue weighted by Gasteiger charge is 2.35. The largest absolute Gasteiger partial charge is 0.481 e. The fourth-order valence-corrected chi connectivity index (χ4v) is 2.22. The predicted molar refractivity (Wildman–Crippen MR) is 77.3 cm³/mol. The van der Waals surface area contributed by atoms with Crippen molar-refractivity contribution in [1.82, 2.24) is 10.6 Å². The second-order valence-electron chi connectivity index (χ2n) is 5.36. The number of unbranched alkanes of at least 4 members (excludes halogenated alkanes) is 3. The van der Waals surface area contributed by atoms with Gasteiger partial charge >= 0.3 is 12.0 Å². The average Bonchev–Trinajstić information content (AvgIpc) is 2.93. The van der Waals surface area contributed by atoms with Crippen LogP contribution in [0.15, 0.2) is 0 Å². The van der Waals surface area contributed by atoms with Crippen LogP contribution in [0, 0.1) is 0 Å². The van der Waals surface area contributed by atoms with Crippen molar-refractivity contribution in [3.05, 3.63) is 0 Å². The number of carbonyl (C=O) groups is 2. The smallest absolute Gasteiger partial charge is 0.314 e. The molecule has 0 bridgehead atoms. The van der Waals surface area contributed by atoms with Gasteiger partial charge in [0, 0.05) is 33.1 Å². The number of hydrogen-bond donors (Lipinski definition) is 3. The summed E-state index contributed by atoms with van der Waals surface area (Å²) >= 11 is 0. The summed E-state index contributed by atoms with van der Waals surface area (Å²) in [6.45, 7) is 2.20. The highest BCUT2D eigenvalue weighted by molar-refractivity contribution is 5.73. The van der Waals surface area contributed by atoms with E-state index in [0.29, 0.717) is 32.7 Å². The van der Waals surface area contributed by atoms with Crippen LogP contribution in [0.3, 0.4) is 0 Å². The van der Waals surface area contributed by atoms with Gasteiger partial charge in [0.05, 0.1) is 13.2 Å². The third-order valence-corrected chi connectivity index (χ3v) is 3.67. The highest BCUT2D eigenvalue weighted by atomic mass is 16.5. The molecule has 0 aromatic heterocycles. The van der Waals surface area contributed by atoms with Crippen LogP contribution in [0.4, 0.5) is 4.79 Å². The van der Waals surface area contributed by atoms with E-state index in [1.807, 2.05) is 0 Å². The van der Waals surface area contributed by atoms with Gasteiger partial charge in [-0.05, 0) is 12.8 Å². The van der Waals surface area contributed by atoms with Crippen LogP contribution in [0.25, 0.3) is 0 Å². The molecule has 7 heteroatoms. The van der Waals surface area contributed by atoms with E-state index in [2.05, 4.69) is 10.6 Å². The molecule has 7 nitrogen and oxygen atoms in total. The molecule has 1 unspecified atom stereocenters.